The third kappa shape index (κ3) is 3.74. The minimum atomic E-state index is -4.57. The van der Waals surface area contributed by atoms with Gasteiger partial charge in [-0.15, -0.1) is 0 Å². The summed E-state index contributed by atoms with van der Waals surface area (Å²) in [6, 6.07) is 2.43. The molecule has 0 fully saturated rings. The Balaban J connectivity index is 3.27. The van der Waals surface area contributed by atoms with E-state index >= 15 is 0 Å². The number of carboxylic acid groups (broad SMARTS) is 1. The van der Waals surface area contributed by atoms with Crippen molar-refractivity contribution >= 4 is 22.1 Å². The highest BCUT2D eigenvalue weighted by molar-refractivity contribution is 7.85. The van der Waals surface area contributed by atoms with Crippen LogP contribution in [0, 0.1) is 0 Å². The molecule has 8 nitrogen and oxygen atoms in total. The number of hydrogen-bond acceptors (Lipinski definition) is 6. The first-order chi connectivity index (χ1) is 8.77. The van der Waals surface area contributed by atoms with Gasteiger partial charge in [-0.2, -0.15) is 8.42 Å². The lowest BCUT2D eigenvalue weighted by Gasteiger charge is -2.07. The van der Waals surface area contributed by atoms with E-state index in [9.17, 15) is 18.0 Å². The summed E-state index contributed by atoms with van der Waals surface area (Å²) < 4.78 is 35.1. The highest BCUT2D eigenvalue weighted by atomic mass is 32.2. The quantitative estimate of drug-likeness (QED) is 0.499. The van der Waals surface area contributed by atoms with Crippen LogP contribution in [-0.4, -0.2) is 48.3 Å². The van der Waals surface area contributed by atoms with Crippen LogP contribution in [0.5, 0.6) is 0 Å². The zero-order chi connectivity index (χ0) is 14.6. The van der Waals surface area contributed by atoms with E-state index in [1.807, 2.05) is 0 Å². The van der Waals surface area contributed by atoms with E-state index in [-0.39, 0.29) is 12.2 Å². The predicted octanol–water partition coefficient (Wildman–Crippen LogP) is -0.219. The standard InChI is InChI=1S/C10H10O8S/c11-3-4-18-10(14)7-2-1-6(19(15,16)17)5-8(7)9(12)13/h1-2,5,11H,3-4H2,(H,12,13)(H,15,16,17). The van der Waals surface area contributed by atoms with Gasteiger partial charge in [0, 0.05) is 0 Å². The molecule has 0 aliphatic heterocycles. The van der Waals surface area contributed by atoms with Crippen molar-refractivity contribution in [3.8, 4) is 0 Å². The number of carbonyl (C=O) groups excluding carboxylic acids is 1. The van der Waals surface area contributed by atoms with Gasteiger partial charge in [0.15, 0.2) is 0 Å². The molecule has 0 radical (unpaired) electrons. The van der Waals surface area contributed by atoms with Crippen LogP contribution in [0.4, 0.5) is 0 Å². The van der Waals surface area contributed by atoms with Crippen molar-refractivity contribution in [2.24, 2.45) is 0 Å². The number of aliphatic hydroxyl groups excluding tert-OH is 1. The van der Waals surface area contributed by atoms with Crippen molar-refractivity contribution in [1.29, 1.82) is 0 Å². The Morgan fingerprint density at radius 2 is 1.84 bits per heavy atom. The van der Waals surface area contributed by atoms with Crippen LogP contribution < -0.4 is 0 Å². The van der Waals surface area contributed by atoms with Gasteiger partial charge in [0.05, 0.1) is 22.6 Å². The van der Waals surface area contributed by atoms with E-state index in [0.29, 0.717) is 6.07 Å². The van der Waals surface area contributed by atoms with Crippen molar-refractivity contribution in [2.45, 2.75) is 4.90 Å². The first-order valence-electron chi connectivity index (χ1n) is 4.90. The molecule has 19 heavy (non-hydrogen) atoms. The number of benzene rings is 1. The normalized spacial score (nSPS) is 11.1. The molecule has 0 atom stereocenters. The second-order valence-corrected chi connectivity index (χ2v) is 4.77. The minimum absolute atomic E-state index is 0.321. The van der Waals surface area contributed by atoms with Gasteiger partial charge in [-0.05, 0) is 18.2 Å². The molecule has 3 N–H and O–H groups in total. The van der Waals surface area contributed by atoms with Crippen LogP contribution >= 0.6 is 0 Å². The summed E-state index contributed by atoms with van der Waals surface area (Å²) in [5.41, 5.74) is -1.01. The molecule has 0 unspecified atom stereocenters. The number of carboxylic acids is 1. The second kappa shape index (κ2) is 5.78. The second-order valence-electron chi connectivity index (χ2n) is 3.35. The molecule has 0 saturated heterocycles. The molecule has 0 bridgehead atoms. The van der Waals surface area contributed by atoms with Crippen LogP contribution in [0.3, 0.4) is 0 Å². The third-order valence-electron chi connectivity index (χ3n) is 2.06. The molecule has 9 heteroatoms. The first-order valence-corrected chi connectivity index (χ1v) is 6.34. The highest BCUT2D eigenvalue weighted by Crippen LogP contribution is 2.17. The SMILES string of the molecule is O=C(O)c1cc(S(=O)(=O)O)ccc1C(=O)OCCO. The van der Waals surface area contributed by atoms with E-state index in [1.165, 1.54) is 0 Å². The number of aliphatic hydroxyl groups is 1. The largest absolute Gasteiger partial charge is 0.478 e. The number of hydrogen-bond donors (Lipinski definition) is 3. The lowest BCUT2D eigenvalue weighted by molar-refractivity contribution is 0.0426. The molecule has 0 aromatic heterocycles. The van der Waals surface area contributed by atoms with Crippen LogP contribution in [-0.2, 0) is 14.9 Å². The van der Waals surface area contributed by atoms with Gasteiger partial charge < -0.3 is 14.9 Å². The van der Waals surface area contributed by atoms with Crippen LogP contribution in [0.25, 0.3) is 0 Å². The van der Waals surface area contributed by atoms with Crippen LogP contribution in [0.1, 0.15) is 20.7 Å². The number of carbonyl (C=O) groups is 2. The van der Waals surface area contributed by atoms with Gasteiger partial charge in [0.2, 0.25) is 0 Å². The monoisotopic (exact) mass is 290 g/mol. The minimum Gasteiger partial charge on any atom is -0.478 e. The Morgan fingerprint density at radius 1 is 1.21 bits per heavy atom. The number of esters is 1. The topological polar surface area (TPSA) is 138 Å². The lowest BCUT2D eigenvalue weighted by atomic mass is 10.1. The number of ether oxygens (including phenoxy) is 1. The van der Waals surface area contributed by atoms with Gasteiger partial charge in [0.1, 0.15) is 6.61 Å². The summed E-state index contributed by atoms with van der Waals surface area (Å²) in [7, 11) is -4.57. The fourth-order valence-corrected chi connectivity index (χ4v) is 1.76. The average molecular weight is 290 g/mol. The molecule has 1 aromatic carbocycles. The van der Waals surface area contributed by atoms with Crippen molar-refractivity contribution in [3.05, 3.63) is 29.3 Å². The van der Waals surface area contributed by atoms with Crippen LogP contribution in [0.15, 0.2) is 23.1 Å². The molecule has 104 valence electrons. The van der Waals surface area contributed by atoms with Crippen molar-refractivity contribution in [2.75, 3.05) is 13.2 Å². The Hall–Kier alpha value is -1.97. The summed E-state index contributed by atoms with van der Waals surface area (Å²) in [5, 5.41) is 17.4. The first kappa shape index (κ1) is 15.1. The average Bonchev–Trinajstić information content (AvgIpc) is 2.34. The van der Waals surface area contributed by atoms with Crippen molar-refractivity contribution in [1.82, 2.24) is 0 Å². The summed E-state index contributed by atoms with van der Waals surface area (Å²) in [5.74, 6) is -2.57. The summed E-state index contributed by atoms with van der Waals surface area (Å²) in [6.45, 7) is -0.755. The molecule has 0 spiro atoms. The summed E-state index contributed by atoms with van der Waals surface area (Å²) >= 11 is 0. The maximum absolute atomic E-state index is 11.5. The van der Waals surface area contributed by atoms with Gasteiger partial charge in [0.25, 0.3) is 10.1 Å². The molecule has 0 aliphatic rings. The summed E-state index contributed by atoms with van der Waals surface area (Å²) in [6.07, 6.45) is 0. The molecule has 0 amide bonds. The maximum atomic E-state index is 11.5. The Morgan fingerprint density at radius 3 is 2.32 bits per heavy atom. The zero-order valence-electron chi connectivity index (χ0n) is 9.44. The zero-order valence-corrected chi connectivity index (χ0v) is 10.3. The number of rotatable bonds is 5. The molecule has 0 aliphatic carbocycles. The fraction of sp³-hybridized carbons (Fsp3) is 0.200. The highest BCUT2D eigenvalue weighted by Gasteiger charge is 2.21. The van der Waals surface area contributed by atoms with Crippen LogP contribution in [0.2, 0.25) is 0 Å². The van der Waals surface area contributed by atoms with Crippen molar-refractivity contribution < 1.29 is 37.5 Å². The Labute approximate surface area is 108 Å². The van der Waals surface area contributed by atoms with E-state index in [1.54, 1.807) is 0 Å². The molecule has 0 saturated carbocycles. The van der Waals surface area contributed by atoms with Gasteiger partial charge in [-0.25, -0.2) is 9.59 Å². The lowest BCUT2D eigenvalue weighted by Crippen LogP contribution is -2.14. The van der Waals surface area contributed by atoms with E-state index in [4.69, 9.17) is 14.8 Å². The third-order valence-corrected chi connectivity index (χ3v) is 2.91. The molecule has 1 aromatic rings. The van der Waals surface area contributed by atoms with Gasteiger partial charge in [-0.3, -0.25) is 4.55 Å². The number of aromatic carboxylic acids is 1. The molecule has 1 rings (SSSR count). The predicted molar refractivity (Wildman–Crippen MR) is 60.6 cm³/mol. The smallest absolute Gasteiger partial charge is 0.339 e. The maximum Gasteiger partial charge on any atom is 0.339 e. The molecular formula is C10H10O8S. The van der Waals surface area contributed by atoms with Crippen molar-refractivity contribution in [3.63, 3.8) is 0 Å². The molecule has 0 heterocycles. The van der Waals surface area contributed by atoms with Gasteiger partial charge in [-0.1, -0.05) is 0 Å². The van der Waals surface area contributed by atoms with E-state index < -0.39 is 39.1 Å². The van der Waals surface area contributed by atoms with Gasteiger partial charge >= 0.3 is 11.9 Å². The fourth-order valence-electron chi connectivity index (χ4n) is 1.25. The van der Waals surface area contributed by atoms with E-state index in [0.717, 1.165) is 12.1 Å². The summed E-state index contributed by atoms with van der Waals surface area (Å²) in [4.78, 5) is 21.8. The Kier molecular flexibility index (Phi) is 4.59. The molecular weight excluding hydrogens is 280 g/mol. The van der Waals surface area contributed by atoms with E-state index in [2.05, 4.69) is 4.74 Å². The Bertz CT molecular complexity index is 604.